The molecule has 1 N–H and O–H groups in total. The maximum absolute atomic E-state index is 11.5. The molecule has 5 nitrogen and oxygen atoms in total. The van der Waals surface area contributed by atoms with Crippen molar-refractivity contribution in [3.63, 3.8) is 0 Å². The van der Waals surface area contributed by atoms with Crippen LogP contribution in [0.5, 0.6) is 0 Å². The van der Waals surface area contributed by atoms with Crippen molar-refractivity contribution in [3.8, 4) is 0 Å². The molecule has 5 heteroatoms. The van der Waals surface area contributed by atoms with Gasteiger partial charge in [-0.3, -0.25) is 4.68 Å². The number of methoxy groups -OCH3 is 1. The van der Waals surface area contributed by atoms with Gasteiger partial charge in [-0.15, -0.1) is 0 Å². The van der Waals surface area contributed by atoms with E-state index in [-0.39, 0.29) is 5.97 Å². The van der Waals surface area contributed by atoms with Crippen molar-refractivity contribution in [3.05, 3.63) is 53.3 Å². The van der Waals surface area contributed by atoms with E-state index in [1.54, 1.807) is 0 Å². The van der Waals surface area contributed by atoms with E-state index in [4.69, 9.17) is 4.74 Å². The van der Waals surface area contributed by atoms with Crippen molar-refractivity contribution in [2.24, 2.45) is 0 Å². The number of nitrogens with zero attached hydrogens (tertiary/aromatic N) is 2. The van der Waals surface area contributed by atoms with E-state index in [1.807, 2.05) is 35.1 Å². The molecular weight excluding hydrogens is 302 g/mol. The lowest BCUT2D eigenvalue weighted by atomic mass is 9.85. The Morgan fingerprint density at radius 2 is 2.04 bits per heavy atom. The second kappa shape index (κ2) is 7.18. The third kappa shape index (κ3) is 3.51. The van der Waals surface area contributed by atoms with Gasteiger partial charge in [0, 0.05) is 18.3 Å². The topological polar surface area (TPSA) is 56.1 Å². The molecule has 1 aromatic carbocycles. The number of aromatic nitrogens is 2. The number of rotatable bonds is 4. The minimum absolute atomic E-state index is 0.294. The Balaban J connectivity index is 1.71. The maximum atomic E-state index is 11.5. The lowest BCUT2D eigenvalue weighted by molar-refractivity contribution is 0.0600. The highest BCUT2D eigenvalue weighted by Gasteiger charge is 2.25. The molecule has 3 rings (SSSR count). The van der Waals surface area contributed by atoms with Crippen molar-refractivity contribution >= 4 is 5.97 Å². The summed E-state index contributed by atoms with van der Waals surface area (Å²) in [7, 11) is 1.40. The Morgan fingerprint density at radius 3 is 2.67 bits per heavy atom. The van der Waals surface area contributed by atoms with Crippen LogP contribution in [-0.2, 0) is 4.74 Å². The van der Waals surface area contributed by atoms with Gasteiger partial charge in [0.25, 0.3) is 0 Å². The van der Waals surface area contributed by atoms with Gasteiger partial charge in [0.1, 0.15) is 0 Å². The predicted molar refractivity (Wildman–Crippen MR) is 93.1 cm³/mol. The highest BCUT2D eigenvalue weighted by atomic mass is 16.5. The molecule has 1 fully saturated rings. The number of hydrogen-bond donors (Lipinski definition) is 1. The van der Waals surface area contributed by atoms with E-state index in [2.05, 4.69) is 30.5 Å². The molecule has 0 spiro atoms. The van der Waals surface area contributed by atoms with Crippen LogP contribution >= 0.6 is 0 Å². The van der Waals surface area contributed by atoms with Gasteiger partial charge in [0.2, 0.25) is 0 Å². The smallest absolute Gasteiger partial charge is 0.337 e. The first-order valence-electron chi connectivity index (χ1n) is 8.54. The van der Waals surface area contributed by atoms with Crippen LogP contribution in [0, 0.1) is 0 Å². The molecule has 2 aromatic rings. The summed E-state index contributed by atoms with van der Waals surface area (Å²) >= 11 is 0. The zero-order chi connectivity index (χ0) is 17.1. The molecule has 1 aromatic heterocycles. The second-order valence-corrected chi connectivity index (χ2v) is 6.69. The van der Waals surface area contributed by atoms with Crippen LogP contribution in [0.1, 0.15) is 66.2 Å². The fourth-order valence-electron chi connectivity index (χ4n) is 3.29. The number of benzene rings is 1. The molecule has 24 heavy (non-hydrogen) atoms. The van der Waals surface area contributed by atoms with Gasteiger partial charge in [-0.1, -0.05) is 12.1 Å². The summed E-state index contributed by atoms with van der Waals surface area (Å²) in [5.74, 6) is 0.223. The lowest BCUT2D eigenvalue weighted by Gasteiger charge is -2.30. The van der Waals surface area contributed by atoms with Gasteiger partial charge in [0.15, 0.2) is 0 Å². The Hall–Kier alpha value is -2.14. The molecular formula is C19H25N3O2. The number of hydrogen-bond acceptors (Lipinski definition) is 4. The van der Waals surface area contributed by atoms with Gasteiger partial charge >= 0.3 is 5.97 Å². The Morgan fingerprint density at radius 1 is 1.29 bits per heavy atom. The first-order valence-corrected chi connectivity index (χ1v) is 8.54. The van der Waals surface area contributed by atoms with Gasteiger partial charge in [-0.05, 0) is 62.4 Å². The third-order valence-electron chi connectivity index (χ3n) is 4.76. The summed E-state index contributed by atoms with van der Waals surface area (Å²) < 4.78 is 6.78. The fraction of sp³-hybridized carbons (Fsp3) is 0.474. The highest BCUT2D eigenvalue weighted by molar-refractivity contribution is 5.89. The molecule has 0 aliphatic carbocycles. The van der Waals surface area contributed by atoms with Crippen LogP contribution in [0.15, 0.2) is 36.7 Å². The minimum Gasteiger partial charge on any atom is -0.465 e. The fourth-order valence-corrected chi connectivity index (χ4v) is 3.29. The molecule has 0 bridgehead atoms. The summed E-state index contributed by atoms with van der Waals surface area (Å²) in [4.78, 5) is 11.5. The lowest BCUT2D eigenvalue weighted by Crippen LogP contribution is -2.30. The van der Waals surface area contributed by atoms with Crippen molar-refractivity contribution in [1.29, 1.82) is 0 Å². The largest absolute Gasteiger partial charge is 0.465 e. The summed E-state index contributed by atoms with van der Waals surface area (Å²) in [6.45, 7) is 5.27. The molecule has 2 heterocycles. The van der Waals surface area contributed by atoms with E-state index >= 15 is 0 Å². The Kier molecular flexibility index (Phi) is 5.00. The van der Waals surface area contributed by atoms with E-state index < -0.39 is 0 Å². The van der Waals surface area contributed by atoms with Crippen LogP contribution in [-0.4, -0.2) is 29.4 Å². The zero-order valence-electron chi connectivity index (χ0n) is 14.5. The van der Waals surface area contributed by atoms with Crippen molar-refractivity contribution in [2.45, 2.75) is 44.7 Å². The van der Waals surface area contributed by atoms with Crippen LogP contribution in [0.25, 0.3) is 0 Å². The van der Waals surface area contributed by atoms with Crippen LogP contribution in [0.4, 0.5) is 0 Å². The summed E-state index contributed by atoms with van der Waals surface area (Å²) in [6.07, 6.45) is 6.35. The highest BCUT2D eigenvalue weighted by Crippen LogP contribution is 2.34. The first kappa shape index (κ1) is 16.7. The predicted octanol–water partition coefficient (Wildman–Crippen LogP) is 3.46. The van der Waals surface area contributed by atoms with E-state index in [1.165, 1.54) is 18.2 Å². The Bertz CT molecular complexity index is 691. The number of carbonyl (C=O) groups is 1. The second-order valence-electron chi connectivity index (χ2n) is 6.69. The van der Waals surface area contributed by atoms with Gasteiger partial charge in [0.05, 0.1) is 18.9 Å². The number of carbonyl (C=O) groups excluding carboxylic acids is 1. The SMILES string of the molecule is COC(=O)c1ccc([C@@H]2CC(c3cnn(C(C)C)c3)CCN2)cc1. The monoisotopic (exact) mass is 327 g/mol. The van der Waals surface area contributed by atoms with Gasteiger partial charge in [-0.25, -0.2) is 4.79 Å². The average molecular weight is 327 g/mol. The number of nitrogens with one attached hydrogen (secondary N) is 1. The maximum Gasteiger partial charge on any atom is 0.337 e. The Labute approximate surface area is 143 Å². The summed E-state index contributed by atoms with van der Waals surface area (Å²) in [5, 5.41) is 8.06. The van der Waals surface area contributed by atoms with E-state index in [0.29, 0.717) is 23.6 Å². The normalized spacial score (nSPS) is 21.0. The summed E-state index contributed by atoms with van der Waals surface area (Å²) in [5.41, 5.74) is 3.12. The molecule has 1 saturated heterocycles. The van der Waals surface area contributed by atoms with Crippen LogP contribution in [0.3, 0.4) is 0 Å². The third-order valence-corrected chi connectivity index (χ3v) is 4.76. The zero-order valence-corrected chi connectivity index (χ0v) is 14.5. The number of esters is 1. The minimum atomic E-state index is -0.294. The van der Waals surface area contributed by atoms with Crippen LogP contribution < -0.4 is 5.32 Å². The molecule has 0 radical (unpaired) electrons. The standard InChI is InChI=1S/C19H25N3O2/c1-13(2)22-12-17(11-21-22)16-8-9-20-18(10-16)14-4-6-15(7-5-14)19(23)24-3/h4-7,11-13,16,18,20H,8-10H2,1-3H3/t16?,18-/m0/s1. The van der Waals surface area contributed by atoms with Gasteiger partial charge in [-0.2, -0.15) is 5.10 Å². The molecule has 0 amide bonds. The molecule has 2 atom stereocenters. The van der Waals surface area contributed by atoms with Crippen molar-refractivity contribution < 1.29 is 9.53 Å². The number of ether oxygens (including phenoxy) is 1. The molecule has 1 aliphatic heterocycles. The van der Waals surface area contributed by atoms with E-state index in [0.717, 1.165) is 19.4 Å². The first-order chi connectivity index (χ1) is 11.6. The van der Waals surface area contributed by atoms with Gasteiger partial charge < -0.3 is 10.1 Å². The number of piperidine rings is 1. The molecule has 1 unspecified atom stereocenters. The van der Waals surface area contributed by atoms with E-state index in [9.17, 15) is 4.79 Å². The molecule has 1 aliphatic rings. The quantitative estimate of drug-likeness (QED) is 0.874. The van der Waals surface area contributed by atoms with Crippen LogP contribution in [0.2, 0.25) is 0 Å². The average Bonchev–Trinajstić information content (AvgIpc) is 3.12. The summed E-state index contributed by atoms with van der Waals surface area (Å²) in [6, 6.07) is 8.40. The molecule has 0 saturated carbocycles. The van der Waals surface area contributed by atoms with Crippen molar-refractivity contribution in [1.82, 2.24) is 15.1 Å². The van der Waals surface area contributed by atoms with Crippen molar-refractivity contribution in [2.75, 3.05) is 13.7 Å². The molecule has 128 valence electrons.